The highest BCUT2D eigenvalue weighted by atomic mass is 19.1. The minimum absolute atomic E-state index is 0.115. The molecule has 110 valence electrons. The fourth-order valence-electron chi connectivity index (χ4n) is 2.25. The van der Waals surface area contributed by atoms with Gasteiger partial charge in [-0.15, -0.1) is 0 Å². The average Bonchev–Trinajstić information content (AvgIpc) is 2.64. The molecule has 1 aromatic heterocycles. The number of nitrogens with one attached hydrogen (secondary N) is 1. The van der Waals surface area contributed by atoms with Gasteiger partial charge >= 0.3 is 5.69 Å². The topological polar surface area (TPSA) is 105 Å². The number of aliphatic hydroxyl groups is 2. The zero-order chi connectivity index (χ0) is 15.1. The highest BCUT2D eigenvalue weighted by molar-refractivity contribution is 5.20. The number of nitrogens with zero attached hydrogens (tertiary/aromatic N) is 1. The molecule has 0 radical (unpaired) electrons. The Bertz CT molecular complexity index is 639. The highest BCUT2D eigenvalue weighted by Gasteiger charge is 2.57. The molecule has 0 aliphatic carbocycles. The van der Waals surface area contributed by atoms with Crippen molar-refractivity contribution in [3.05, 3.63) is 45.3 Å². The first-order valence-electron chi connectivity index (χ1n) is 5.91. The van der Waals surface area contributed by atoms with E-state index in [0.717, 1.165) is 16.8 Å². The summed E-state index contributed by atoms with van der Waals surface area (Å²) in [6, 6.07) is 1.05. The lowest BCUT2D eigenvalue weighted by Gasteiger charge is -2.32. The summed E-state index contributed by atoms with van der Waals surface area (Å²) in [5.74, 6) is 0. The maximum absolute atomic E-state index is 12.8. The van der Waals surface area contributed by atoms with Gasteiger partial charge in [0.25, 0.3) is 5.56 Å². The Kier molecular flexibility index (Phi) is 3.63. The van der Waals surface area contributed by atoms with Gasteiger partial charge in [-0.25, -0.2) is 9.18 Å². The Hall–Kier alpha value is -1.77. The summed E-state index contributed by atoms with van der Waals surface area (Å²) in [7, 11) is 0. The van der Waals surface area contributed by atoms with E-state index in [2.05, 4.69) is 6.58 Å². The van der Waals surface area contributed by atoms with Gasteiger partial charge in [-0.1, -0.05) is 6.58 Å². The van der Waals surface area contributed by atoms with Crippen molar-refractivity contribution >= 4 is 0 Å². The number of rotatable bonds is 3. The zero-order valence-electron chi connectivity index (χ0n) is 10.7. The Morgan fingerprint density at radius 3 is 2.80 bits per heavy atom. The van der Waals surface area contributed by atoms with E-state index < -0.39 is 42.0 Å². The van der Waals surface area contributed by atoms with Gasteiger partial charge in [0.1, 0.15) is 18.9 Å². The minimum atomic E-state index is -2.03. The number of aromatic nitrogens is 2. The lowest BCUT2D eigenvalue weighted by molar-refractivity contribution is -0.0859. The molecular formula is C12H15FN2O5. The van der Waals surface area contributed by atoms with Crippen molar-refractivity contribution in [2.45, 2.75) is 31.0 Å². The van der Waals surface area contributed by atoms with Crippen LogP contribution in [0.1, 0.15) is 13.2 Å². The van der Waals surface area contributed by atoms with E-state index in [-0.39, 0.29) is 5.57 Å². The largest absolute Gasteiger partial charge is 0.387 e. The van der Waals surface area contributed by atoms with Gasteiger partial charge in [-0.05, 0) is 12.5 Å². The molecule has 1 aliphatic rings. The van der Waals surface area contributed by atoms with Gasteiger partial charge in [-0.2, -0.15) is 0 Å². The van der Waals surface area contributed by atoms with Crippen molar-refractivity contribution in [1.82, 2.24) is 9.55 Å². The Labute approximate surface area is 112 Å². The molecule has 0 bridgehead atoms. The SMILES string of the molecule is C=C(C)[C@@]1(O)[C@H](O)[C@H](CF)O[C@H]1n1ccc(=O)[nH]c1=O. The van der Waals surface area contributed by atoms with Crippen molar-refractivity contribution in [3.8, 4) is 0 Å². The first kappa shape index (κ1) is 14.6. The second kappa shape index (κ2) is 4.97. The van der Waals surface area contributed by atoms with Crippen LogP contribution < -0.4 is 11.2 Å². The van der Waals surface area contributed by atoms with Crippen LogP contribution in [0.5, 0.6) is 0 Å². The lowest BCUT2D eigenvalue weighted by Crippen LogP contribution is -2.49. The van der Waals surface area contributed by atoms with Gasteiger partial charge in [0.05, 0.1) is 0 Å². The predicted molar refractivity (Wildman–Crippen MR) is 67.0 cm³/mol. The number of hydrogen-bond acceptors (Lipinski definition) is 5. The van der Waals surface area contributed by atoms with E-state index in [1.807, 2.05) is 4.98 Å². The smallest absolute Gasteiger partial charge is 0.330 e. The fourth-order valence-corrected chi connectivity index (χ4v) is 2.25. The molecular weight excluding hydrogens is 271 g/mol. The summed E-state index contributed by atoms with van der Waals surface area (Å²) in [6.07, 6.45) is -3.14. The highest BCUT2D eigenvalue weighted by Crippen LogP contribution is 2.41. The van der Waals surface area contributed by atoms with Crippen LogP contribution in [0.3, 0.4) is 0 Å². The number of alkyl halides is 1. The zero-order valence-corrected chi connectivity index (χ0v) is 10.7. The van der Waals surface area contributed by atoms with Gasteiger partial charge in [-0.3, -0.25) is 14.3 Å². The van der Waals surface area contributed by atoms with Crippen LogP contribution in [0.25, 0.3) is 0 Å². The quantitative estimate of drug-likeness (QED) is 0.623. The van der Waals surface area contributed by atoms with E-state index >= 15 is 0 Å². The molecule has 0 unspecified atom stereocenters. The molecule has 0 spiro atoms. The molecule has 0 aromatic carbocycles. The van der Waals surface area contributed by atoms with E-state index in [1.54, 1.807) is 0 Å². The molecule has 2 rings (SSSR count). The van der Waals surface area contributed by atoms with Crippen molar-refractivity contribution in [2.24, 2.45) is 0 Å². The van der Waals surface area contributed by atoms with Crippen LogP contribution in [0, 0.1) is 0 Å². The van der Waals surface area contributed by atoms with Crippen LogP contribution >= 0.6 is 0 Å². The molecule has 3 N–H and O–H groups in total. The minimum Gasteiger partial charge on any atom is -0.387 e. The number of ether oxygens (including phenoxy) is 1. The molecule has 1 saturated heterocycles. The molecule has 0 amide bonds. The number of aromatic amines is 1. The van der Waals surface area contributed by atoms with Crippen molar-refractivity contribution in [3.63, 3.8) is 0 Å². The third-order valence-corrected chi connectivity index (χ3v) is 3.42. The molecule has 7 nitrogen and oxygen atoms in total. The summed E-state index contributed by atoms with van der Waals surface area (Å²) in [6.45, 7) is 3.94. The van der Waals surface area contributed by atoms with Gasteiger partial charge in [0.15, 0.2) is 11.8 Å². The standard InChI is InChI=1S/C12H15FN2O5/c1-6(2)12(19)9(17)7(5-13)20-10(12)15-4-3-8(16)14-11(15)18/h3-4,7,9-10,17,19H,1,5H2,2H3,(H,14,16,18)/t7-,9+,10+,12+/m0/s1. The number of halogens is 1. The summed E-state index contributed by atoms with van der Waals surface area (Å²) >= 11 is 0. The molecule has 4 atom stereocenters. The molecule has 1 fully saturated rings. The van der Waals surface area contributed by atoms with Crippen LogP contribution in [-0.4, -0.2) is 44.2 Å². The number of hydrogen-bond donors (Lipinski definition) is 3. The summed E-state index contributed by atoms with van der Waals surface area (Å²) in [4.78, 5) is 24.8. The van der Waals surface area contributed by atoms with Crippen molar-refractivity contribution in [1.29, 1.82) is 0 Å². The molecule has 1 aromatic rings. The molecule has 0 saturated carbocycles. The normalized spacial score (nSPS) is 33.3. The lowest BCUT2D eigenvalue weighted by atomic mass is 9.88. The van der Waals surface area contributed by atoms with Gasteiger partial charge in [0.2, 0.25) is 0 Å². The van der Waals surface area contributed by atoms with Crippen LogP contribution in [0.2, 0.25) is 0 Å². The van der Waals surface area contributed by atoms with E-state index in [1.165, 1.54) is 6.92 Å². The first-order valence-corrected chi connectivity index (χ1v) is 5.91. The summed E-state index contributed by atoms with van der Waals surface area (Å²) < 4.78 is 18.9. The van der Waals surface area contributed by atoms with Crippen molar-refractivity contribution < 1.29 is 19.3 Å². The monoisotopic (exact) mass is 286 g/mol. The van der Waals surface area contributed by atoms with Gasteiger partial charge in [0, 0.05) is 12.3 Å². The van der Waals surface area contributed by atoms with Crippen LogP contribution in [0.4, 0.5) is 4.39 Å². The first-order chi connectivity index (χ1) is 9.32. The van der Waals surface area contributed by atoms with E-state index in [9.17, 15) is 24.2 Å². The maximum atomic E-state index is 12.8. The Morgan fingerprint density at radius 1 is 1.65 bits per heavy atom. The second-order valence-corrected chi connectivity index (χ2v) is 4.75. The van der Waals surface area contributed by atoms with Crippen molar-refractivity contribution in [2.75, 3.05) is 6.67 Å². The fraction of sp³-hybridized carbons (Fsp3) is 0.500. The average molecular weight is 286 g/mol. The van der Waals surface area contributed by atoms with E-state index in [0.29, 0.717) is 0 Å². The maximum Gasteiger partial charge on any atom is 0.330 e. The Morgan fingerprint density at radius 2 is 2.30 bits per heavy atom. The van der Waals surface area contributed by atoms with Crippen LogP contribution in [0.15, 0.2) is 34.0 Å². The van der Waals surface area contributed by atoms with Crippen LogP contribution in [-0.2, 0) is 4.74 Å². The number of H-pyrrole nitrogens is 1. The third-order valence-electron chi connectivity index (χ3n) is 3.42. The Balaban J connectivity index is 2.56. The molecule has 8 heteroatoms. The number of aliphatic hydroxyl groups excluding tert-OH is 1. The summed E-state index contributed by atoms with van der Waals surface area (Å²) in [5.41, 5.74) is -3.37. The third kappa shape index (κ3) is 2.01. The molecule has 20 heavy (non-hydrogen) atoms. The second-order valence-electron chi connectivity index (χ2n) is 4.75. The van der Waals surface area contributed by atoms with E-state index in [4.69, 9.17) is 4.74 Å². The predicted octanol–water partition coefficient (Wildman–Crippen LogP) is -0.928. The molecule has 2 heterocycles. The summed E-state index contributed by atoms with van der Waals surface area (Å²) in [5, 5.41) is 20.5. The molecule has 1 aliphatic heterocycles. The van der Waals surface area contributed by atoms with Gasteiger partial charge < -0.3 is 14.9 Å².